The molecule has 0 bridgehead atoms. The Bertz CT molecular complexity index is 145. The van der Waals surface area contributed by atoms with Crippen LogP contribution in [0, 0.1) is 0 Å². The molecule has 0 saturated carbocycles. The summed E-state index contributed by atoms with van der Waals surface area (Å²) in [5.41, 5.74) is 0. The maximum Gasteiger partial charge on any atom is 0.389 e. The number of alkyl halides is 3. The van der Waals surface area contributed by atoms with Gasteiger partial charge < -0.3 is 4.74 Å². The van der Waals surface area contributed by atoms with E-state index in [0.29, 0.717) is 13.0 Å². The Kier molecular flexibility index (Phi) is 7.83. The van der Waals surface area contributed by atoms with Crippen LogP contribution in [0.3, 0.4) is 0 Å². The zero-order valence-corrected chi connectivity index (χ0v) is 9.57. The first-order valence-electron chi connectivity index (χ1n) is 5.64. The van der Waals surface area contributed by atoms with Crippen LogP contribution in [0.2, 0.25) is 0 Å². The molecule has 4 heteroatoms. The van der Waals surface area contributed by atoms with E-state index in [1.807, 2.05) is 6.92 Å². The number of hydrogen-bond donors (Lipinski definition) is 0. The Morgan fingerprint density at radius 3 is 2.33 bits per heavy atom. The zero-order valence-electron chi connectivity index (χ0n) is 9.57. The molecule has 0 aromatic rings. The zero-order chi connectivity index (χ0) is 11.7. The van der Waals surface area contributed by atoms with Crippen LogP contribution in [0.1, 0.15) is 52.4 Å². The summed E-state index contributed by atoms with van der Waals surface area (Å²) in [5, 5.41) is 0. The highest BCUT2D eigenvalue weighted by Gasteiger charge is 2.25. The minimum absolute atomic E-state index is 0.171. The van der Waals surface area contributed by atoms with Gasteiger partial charge in [-0.3, -0.25) is 0 Å². The summed E-state index contributed by atoms with van der Waals surface area (Å²) < 4.78 is 40.7. The minimum Gasteiger partial charge on any atom is -0.379 e. The maximum absolute atomic E-state index is 11.8. The quantitative estimate of drug-likeness (QED) is 0.560. The Labute approximate surface area is 90.0 Å². The van der Waals surface area contributed by atoms with Gasteiger partial charge in [0.1, 0.15) is 0 Å². The molecule has 1 unspecified atom stereocenters. The highest BCUT2D eigenvalue weighted by Crippen LogP contribution is 2.22. The van der Waals surface area contributed by atoms with Crippen LogP contribution >= 0.6 is 0 Å². The second-order valence-electron chi connectivity index (χ2n) is 3.90. The topological polar surface area (TPSA) is 9.23 Å². The Morgan fingerprint density at radius 1 is 1.13 bits per heavy atom. The summed E-state index contributed by atoms with van der Waals surface area (Å²) in [6.45, 7) is 4.52. The van der Waals surface area contributed by atoms with E-state index in [4.69, 9.17) is 4.74 Å². The van der Waals surface area contributed by atoms with Gasteiger partial charge in [-0.2, -0.15) is 13.2 Å². The fraction of sp³-hybridized carbons (Fsp3) is 1.00. The lowest BCUT2D eigenvalue weighted by molar-refractivity contribution is -0.136. The van der Waals surface area contributed by atoms with Gasteiger partial charge in [0.2, 0.25) is 0 Å². The van der Waals surface area contributed by atoms with Crippen molar-refractivity contribution in [1.82, 2.24) is 0 Å². The SMILES string of the molecule is CCCCC(C)OCCCCC(F)(F)F. The largest absolute Gasteiger partial charge is 0.389 e. The van der Waals surface area contributed by atoms with E-state index < -0.39 is 12.6 Å². The second kappa shape index (κ2) is 7.97. The molecule has 0 aromatic carbocycles. The summed E-state index contributed by atoms with van der Waals surface area (Å²) in [6.07, 6.45) is -0.634. The molecule has 1 nitrogen and oxygen atoms in total. The predicted molar refractivity (Wildman–Crippen MR) is 54.8 cm³/mol. The number of unbranched alkanes of at least 4 members (excludes halogenated alkanes) is 2. The molecule has 0 radical (unpaired) electrons. The molecule has 0 saturated heterocycles. The van der Waals surface area contributed by atoms with Crippen molar-refractivity contribution in [2.45, 2.75) is 64.7 Å². The van der Waals surface area contributed by atoms with Crippen molar-refractivity contribution in [2.75, 3.05) is 6.61 Å². The van der Waals surface area contributed by atoms with Crippen molar-refractivity contribution in [2.24, 2.45) is 0 Å². The maximum atomic E-state index is 11.8. The van der Waals surface area contributed by atoms with Gasteiger partial charge in [-0.15, -0.1) is 0 Å². The van der Waals surface area contributed by atoms with Crippen LogP contribution in [0.25, 0.3) is 0 Å². The first kappa shape index (κ1) is 14.8. The molecule has 0 fully saturated rings. The third-order valence-electron chi connectivity index (χ3n) is 2.22. The van der Waals surface area contributed by atoms with E-state index in [0.717, 1.165) is 19.3 Å². The van der Waals surface area contributed by atoms with Crippen molar-refractivity contribution in [3.63, 3.8) is 0 Å². The van der Waals surface area contributed by atoms with Gasteiger partial charge in [0.25, 0.3) is 0 Å². The molecule has 1 atom stereocenters. The average molecular weight is 226 g/mol. The van der Waals surface area contributed by atoms with E-state index in [2.05, 4.69) is 6.92 Å². The third kappa shape index (κ3) is 11.7. The standard InChI is InChI=1S/C11H21F3O/c1-3-4-7-10(2)15-9-6-5-8-11(12,13)14/h10H,3-9H2,1-2H3. The number of halogens is 3. The minimum atomic E-state index is -4.02. The highest BCUT2D eigenvalue weighted by atomic mass is 19.4. The smallest absolute Gasteiger partial charge is 0.379 e. The number of ether oxygens (including phenoxy) is 1. The fourth-order valence-electron chi connectivity index (χ4n) is 1.29. The van der Waals surface area contributed by atoms with Crippen molar-refractivity contribution < 1.29 is 17.9 Å². The molecular formula is C11H21F3O. The van der Waals surface area contributed by atoms with Crippen LogP contribution in [-0.4, -0.2) is 18.9 Å². The van der Waals surface area contributed by atoms with Crippen LogP contribution in [0.4, 0.5) is 13.2 Å². The third-order valence-corrected chi connectivity index (χ3v) is 2.22. The van der Waals surface area contributed by atoms with Crippen molar-refractivity contribution in [3.05, 3.63) is 0 Å². The monoisotopic (exact) mass is 226 g/mol. The molecule has 0 aliphatic rings. The van der Waals surface area contributed by atoms with Gasteiger partial charge in [0.15, 0.2) is 0 Å². The molecule has 0 aromatic heterocycles. The molecule has 0 aliphatic heterocycles. The molecule has 15 heavy (non-hydrogen) atoms. The van der Waals surface area contributed by atoms with Crippen LogP contribution in [0.15, 0.2) is 0 Å². The first-order valence-corrected chi connectivity index (χ1v) is 5.64. The summed E-state index contributed by atoms with van der Waals surface area (Å²) in [5.74, 6) is 0. The van der Waals surface area contributed by atoms with E-state index in [9.17, 15) is 13.2 Å². The van der Waals surface area contributed by atoms with E-state index in [-0.39, 0.29) is 12.5 Å². The molecule has 0 rings (SSSR count). The lowest BCUT2D eigenvalue weighted by atomic mass is 10.2. The molecule has 0 N–H and O–H groups in total. The van der Waals surface area contributed by atoms with Gasteiger partial charge in [-0.1, -0.05) is 19.8 Å². The van der Waals surface area contributed by atoms with Crippen LogP contribution < -0.4 is 0 Å². The summed E-state index contributed by atoms with van der Waals surface area (Å²) in [6, 6.07) is 0. The average Bonchev–Trinajstić information content (AvgIpc) is 2.12. The molecule has 0 aliphatic carbocycles. The summed E-state index contributed by atoms with van der Waals surface area (Å²) in [7, 11) is 0. The normalized spacial score (nSPS) is 14.2. The van der Waals surface area contributed by atoms with Gasteiger partial charge in [0.05, 0.1) is 6.10 Å². The predicted octanol–water partition coefficient (Wildman–Crippen LogP) is 4.31. The van der Waals surface area contributed by atoms with E-state index >= 15 is 0 Å². The molecule has 0 heterocycles. The lowest BCUT2D eigenvalue weighted by Crippen LogP contribution is -2.11. The second-order valence-corrected chi connectivity index (χ2v) is 3.90. The summed E-state index contributed by atoms with van der Waals surface area (Å²) >= 11 is 0. The molecule has 92 valence electrons. The lowest BCUT2D eigenvalue weighted by Gasteiger charge is -2.12. The van der Waals surface area contributed by atoms with Crippen LogP contribution in [0.5, 0.6) is 0 Å². The van der Waals surface area contributed by atoms with E-state index in [1.165, 1.54) is 0 Å². The Morgan fingerprint density at radius 2 is 1.80 bits per heavy atom. The van der Waals surface area contributed by atoms with E-state index in [1.54, 1.807) is 0 Å². The van der Waals surface area contributed by atoms with Crippen molar-refractivity contribution in [3.8, 4) is 0 Å². The van der Waals surface area contributed by atoms with Crippen LogP contribution in [-0.2, 0) is 4.74 Å². The van der Waals surface area contributed by atoms with Gasteiger partial charge in [-0.25, -0.2) is 0 Å². The van der Waals surface area contributed by atoms with Crippen molar-refractivity contribution >= 4 is 0 Å². The number of rotatable bonds is 8. The molecular weight excluding hydrogens is 205 g/mol. The Balaban J connectivity index is 3.23. The Hall–Kier alpha value is -0.250. The van der Waals surface area contributed by atoms with Gasteiger partial charge >= 0.3 is 6.18 Å². The first-order chi connectivity index (χ1) is 6.95. The highest BCUT2D eigenvalue weighted by molar-refractivity contribution is 4.53. The summed E-state index contributed by atoms with van der Waals surface area (Å²) in [4.78, 5) is 0. The molecule has 0 spiro atoms. The molecule has 0 amide bonds. The van der Waals surface area contributed by atoms with Crippen molar-refractivity contribution in [1.29, 1.82) is 0 Å². The van der Waals surface area contributed by atoms with Gasteiger partial charge in [-0.05, 0) is 26.2 Å². The number of hydrogen-bond acceptors (Lipinski definition) is 1. The fourth-order valence-corrected chi connectivity index (χ4v) is 1.29. The van der Waals surface area contributed by atoms with Gasteiger partial charge in [0, 0.05) is 13.0 Å².